The number of aromatic amines is 1. The molecule has 0 aliphatic heterocycles. The molecule has 0 aliphatic carbocycles. The highest BCUT2D eigenvalue weighted by Crippen LogP contribution is 2.59. The van der Waals surface area contributed by atoms with Gasteiger partial charge in [0.15, 0.2) is 5.16 Å². The minimum absolute atomic E-state index is 0.0772. The zero-order chi connectivity index (χ0) is 29.2. The SMILES string of the molecule is BrP(Br)Br.CCn1cncc1CBr.CCn1cncc1CO.CCn1cncc1CSc1nc(C)cc(=O)[nH]1. The molecule has 0 saturated heterocycles. The quantitative estimate of drug-likeness (QED) is 0.0836. The number of aromatic nitrogens is 8. The molecule has 0 unspecified atom stereocenters. The maximum absolute atomic E-state index is 11.3. The van der Waals surface area contributed by atoms with Crippen LogP contribution < -0.4 is 5.56 Å². The van der Waals surface area contributed by atoms with Gasteiger partial charge in [0.05, 0.1) is 37.5 Å². The highest BCUT2D eigenvalue weighted by Gasteiger charge is 2.04. The highest BCUT2D eigenvalue weighted by atomic mass is 80.0. The van der Waals surface area contributed by atoms with Crippen molar-refractivity contribution in [3.05, 3.63) is 76.8 Å². The molecule has 0 aromatic carbocycles. The maximum atomic E-state index is 11.3. The first-order valence-electron chi connectivity index (χ1n) is 11.8. The number of H-pyrrole nitrogens is 1. The van der Waals surface area contributed by atoms with E-state index in [1.165, 1.54) is 23.5 Å². The number of nitrogens with one attached hydrogen (secondary N) is 1. The Morgan fingerprint density at radius 3 is 1.77 bits per heavy atom. The lowest BCUT2D eigenvalue weighted by Gasteiger charge is -2.04. The molecular formula is C23H33Br4N8O2PS. The van der Waals surface area contributed by atoms with Crippen molar-refractivity contribution in [2.24, 2.45) is 0 Å². The van der Waals surface area contributed by atoms with Crippen LogP contribution in [0.3, 0.4) is 0 Å². The summed E-state index contributed by atoms with van der Waals surface area (Å²) < 4.78 is 5.90. The van der Waals surface area contributed by atoms with Gasteiger partial charge in [-0.05, 0) is 74.2 Å². The van der Waals surface area contributed by atoms with Gasteiger partial charge in [0, 0.05) is 66.3 Å². The van der Waals surface area contributed by atoms with E-state index >= 15 is 0 Å². The molecule has 39 heavy (non-hydrogen) atoms. The minimum atomic E-state index is -0.183. The molecular weight excluding hydrogens is 803 g/mol. The molecule has 0 amide bonds. The summed E-state index contributed by atoms with van der Waals surface area (Å²) in [6, 6.07) is 1.49. The Balaban J connectivity index is 0.000000293. The van der Waals surface area contributed by atoms with Crippen molar-refractivity contribution in [3.8, 4) is 0 Å². The first kappa shape index (κ1) is 36.2. The number of aliphatic hydroxyl groups is 1. The van der Waals surface area contributed by atoms with Gasteiger partial charge in [-0.1, -0.05) is 27.7 Å². The molecule has 0 spiro atoms. The number of imidazole rings is 3. The van der Waals surface area contributed by atoms with Gasteiger partial charge < -0.3 is 23.8 Å². The predicted molar refractivity (Wildman–Crippen MR) is 175 cm³/mol. The van der Waals surface area contributed by atoms with E-state index in [9.17, 15) is 4.79 Å². The van der Waals surface area contributed by atoms with Gasteiger partial charge in [-0.3, -0.25) is 4.79 Å². The van der Waals surface area contributed by atoms with Crippen molar-refractivity contribution in [3.63, 3.8) is 0 Å². The molecule has 4 rings (SSSR count). The second-order valence-corrected chi connectivity index (χ2v) is 24.3. The van der Waals surface area contributed by atoms with E-state index in [1.807, 2.05) is 43.5 Å². The molecule has 4 aromatic rings. The van der Waals surface area contributed by atoms with Crippen molar-refractivity contribution in [1.82, 2.24) is 38.6 Å². The molecule has 2 N–H and O–H groups in total. The molecule has 4 aromatic heterocycles. The van der Waals surface area contributed by atoms with Crippen LogP contribution in [0.5, 0.6) is 0 Å². The van der Waals surface area contributed by atoms with E-state index in [0.717, 1.165) is 47.8 Å². The number of aryl methyl sites for hydroxylation is 4. The third kappa shape index (κ3) is 14.6. The van der Waals surface area contributed by atoms with Gasteiger partial charge in [0.2, 0.25) is 0 Å². The number of hydrogen-bond acceptors (Lipinski definition) is 7. The lowest BCUT2D eigenvalue weighted by atomic mass is 10.5. The van der Waals surface area contributed by atoms with E-state index in [4.69, 9.17) is 5.11 Å². The second kappa shape index (κ2) is 21.0. The van der Waals surface area contributed by atoms with Crippen LogP contribution in [0.25, 0.3) is 0 Å². The number of halogens is 4. The van der Waals surface area contributed by atoms with Crippen LogP contribution in [-0.4, -0.2) is 43.7 Å². The molecule has 0 fully saturated rings. The van der Waals surface area contributed by atoms with Gasteiger partial charge in [-0.15, -0.1) is 0 Å². The van der Waals surface area contributed by atoms with Crippen molar-refractivity contribution < 1.29 is 5.11 Å². The van der Waals surface area contributed by atoms with Gasteiger partial charge >= 0.3 is 0 Å². The summed E-state index contributed by atoms with van der Waals surface area (Å²) in [6.07, 6.45) is 10.7. The van der Waals surface area contributed by atoms with E-state index < -0.39 is 0 Å². The standard InChI is InChI=1S/C11H14N4OS.C6H9BrN2.C6H10N2O.Br3P/c1-3-15-7-12-5-9(15)6-17-11-13-8(2)4-10(16)14-11;1-2-9-5-8-4-6(9)3-7;1-2-8-5-7-3-6(8)4-9;1-4(2)3/h4-5,7H,3,6H2,1-2H3,(H,13,14,16);4-5H,2-3H2,1H3;3,5,9H,2,4H2,1H3;. The Labute approximate surface area is 267 Å². The lowest BCUT2D eigenvalue weighted by molar-refractivity contribution is 0.271. The van der Waals surface area contributed by atoms with Crippen molar-refractivity contribution >= 4 is 78.2 Å². The zero-order valence-electron chi connectivity index (χ0n) is 22.1. The highest BCUT2D eigenvalue weighted by molar-refractivity contribution is 9.93. The summed E-state index contributed by atoms with van der Waals surface area (Å²) in [4.78, 5) is 30.2. The molecule has 0 radical (unpaired) electrons. The second-order valence-electron chi connectivity index (χ2n) is 7.48. The topological polar surface area (TPSA) is 119 Å². The van der Waals surface area contributed by atoms with Crippen LogP contribution in [0, 0.1) is 6.92 Å². The largest absolute Gasteiger partial charge is 0.390 e. The molecule has 216 valence electrons. The van der Waals surface area contributed by atoms with Crippen LogP contribution in [0.4, 0.5) is 0 Å². The van der Waals surface area contributed by atoms with Gasteiger partial charge in [-0.25, -0.2) is 19.9 Å². The fraction of sp³-hybridized carbons (Fsp3) is 0.435. The minimum Gasteiger partial charge on any atom is -0.390 e. The van der Waals surface area contributed by atoms with Crippen LogP contribution >= 0.6 is 78.2 Å². The summed E-state index contributed by atoms with van der Waals surface area (Å²) in [6.45, 7) is 10.9. The Morgan fingerprint density at radius 1 is 0.897 bits per heavy atom. The third-order valence-electron chi connectivity index (χ3n) is 4.92. The van der Waals surface area contributed by atoms with Crippen molar-refractivity contribution in [1.29, 1.82) is 0 Å². The summed E-state index contributed by atoms with van der Waals surface area (Å²) >= 11 is 14.4. The zero-order valence-corrected chi connectivity index (χ0v) is 30.2. The fourth-order valence-electron chi connectivity index (χ4n) is 3.02. The average molecular weight is 836 g/mol. The van der Waals surface area contributed by atoms with Crippen molar-refractivity contribution in [2.75, 3.05) is 0 Å². The van der Waals surface area contributed by atoms with Gasteiger partial charge in [0.1, 0.15) is 4.03 Å². The van der Waals surface area contributed by atoms with E-state index in [-0.39, 0.29) is 16.2 Å². The first-order valence-corrected chi connectivity index (χ1v) is 21.3. The Hall–Kier alpha value is -0.830. The summed E-state index contributed by atoms with van der Waals surface area (Å²) in [5.74, 6) is 0.750. The number of rotatable bonds is 8. The van der Waals surface area contributed by atoms with Crippen LogP contribution in [0.2, 0.25) is 0 Å². The van der Waals surface area contributed by atoms with Crippen LogP contribution in [-0.2, 0) is 37.3 Å². The summed E-state index contributed by atoms with van der Waals surface area (Å²) in [7, 11) is 0. The number of alkyl halides is 1. The molecule has 0 aliphatic rings. The predicted octanol–water partition coefficient (Wildman–Crippen LogP) is 7.18. The Kier molecular flexibility index (Phi) is 19.5. The van der Waals surface area contributed by atoms with Gasteiger partial charge in [-0.2, -0.15) is 0 Å². The third-order valence-corrected chi connectivity index (χ3v) is 6.40. The number of nitrogens with zero attached hydrogens (tertiary/aromatic N) is 7. The monoisotopic (exact) mass is 832 g/mol. The van der Waals surface area contributed by atoms with Crippen LogP contribution in [0.15, 0.2) is 53.6 Å². The number of hydrogen-bond donors (Lipinski definition) is 2. The van der Waals surface area contributed by atoms with E-state index in [1.54, 1.807) is 12.5 Å². The Morgan fingerprint density at radius 2 is 1.36 bits per heavy atom. The molecule has 10 nitrogen and oxygen atoms in total. The normalized spacial score (nSPS) is 10.2. The molecule has 16 heteroatoms. The number of aliphatic hydroxyl groups excluding tert-OH is 1. The van der Waals surface area contributed by atoms with Crippen molar-refractivity contribution in [2.45, 2.75) is 70.2 Å². The fourth-order valence-corrected chi connectivity index (χ4v) is 4.40. The van der Waals surface area contributed by atoms with E-state index in [2.05, 4.69) is 110 Å². The summed E-state index contributed by atoms with van der Waals surface area (Å²) in [5.41, 5.74) is 3.86. The smallest absolute Gasteiger partial charge is 0.251 e. The van der Waals surface area contributed by atoms with E-state index in [0.29, 0.717) is 5.16 Å². The lowest BCUT2D eigenvalue weighted by Crippen LogP contribution is -2.08. The first-order chi connectivity index (χ1) is 18.7. The average Bonchev–Trinajstić information content (AvgIpc) is 3.67. The molecule has 0 saturated carbocycles. The van der Waals surface area contributed by atoms with Gasteiger partial charge in [0.25, 0.3) is 5.56 Å². The molecule has 0 atom stereocenters. The number of thioether (sulfide) groups is 1. The molecule has 4 heterocycles. The van der Waals surface area contributed by atoms with Crippen LogP contribution in [0.1, 0.15) is 43.5 Å². The molecule has 0 bridgehead atoms. The Bertz CT molecular complexity index is 1180. The summed E-state index contributed by atoms with van der Waals surface area (Å²) in [5, 5.41) is 10.2. The maximum Gasteiger partial charge on any atom is 0.251 e.